The van der Waals surface area contributed by atoms with Gasteiger partial charge in [0.05, 0.1) is 17.3 Å². The van der Waals surface area contributed by atoms with Crippen LogP contribution in [0.15, 0.2) is 18.3 Å². The number of carbonyl (C=O) groups excluding carboxylic acids is 1. The van der Waals surface area contributed by atoms with E-state index in [1.807, 2.05) is 0 Å². The number of fused-ring (bicyclic) bond motifs is 1. The van der Waals surface area contributed by atoms with Gasteiger partial charge < -0.3 is 9.30 Å². The van der Waals surface area contributed by atoms with Gasteiger partial charge in [0.15, 0.2) is 0 Å². The van der Waals surface area contributed by atoms with Crippen molar-refractivity contribution in [1.29, 1.82) is 0 Å². The van der Waals surface area contributed by atoms with Crippen LogP contribution in [0.4, 0.5) is 0 Å². The summed E-state index contributed by atoms with van der Waals surface area (Å²) in [4.78, 5) is 22.4. The van der Waals surface area contributed by atoms with Gasteiger partial charge in [-0.15, -0.1) is 0 Å². The molecule has 0 N–H and O–H groups in total. The molecule has 146 valence electrons. The van der Waals surface area contributed by atoms with Gasteiger partial charge in [-0.25, -0.2) is 4.98 Å². The van der Waals surface area contributed by atoms with Crippen LogP contribution in [-0.2, 0) is 11.3 Å². The van der Waals surface area contributed by atoms with Crippen molar-refractivity contribution in [2.45, 2.75) is 58.9 Å². The van der Waals surface area contributed by atoms with E-state index < -0.39 is 0 Å². The number of nitrogens with zero attached hydrogens (tertiary/aromatic N) is 4. The number of rotatable bonds is 3. The number of likely N-dealkylation sites (tertiary alicyclic amines) is 2. The van der Waals surface area contributed by atoms with Crippen molar-refractivity contribution in [3.05, 3.63) is 35.3 Å². The minimum absolute atomic E-state index is 0.165. The molecule has 5 nitrogen and oxygen atoms in total. The molecule has 2 saturated heterocycles. The molecule has 2 aliphatic heterocycles. The number of hydrogen-bond acceptors (Lipinski definition) is 3. The van der Waals surface area contributed by atoms with Gasteiger partial charge >= 0.3 is 0 Å². The minimum Gasteiger partial charge on any atom is -0.342 e. The van der Waals surface area contributed by atoms with Crippen molar-refractivity contribution in [2.75, 3.05) is 26.2 Å². The molecule has 1 atom stereocenters. The molecule has 5 heteroatoms. The molecule has 1 amide bonds. The van der Waals surface area contributed by atoms with E-state index in [0.717, 1.165) is 56.9 Å². The number of aryl methyl sites for hydroxylation is 2. The van der Waals surface area contributed by atoms with Gasteiger partial charge in [0.2, 0.25) is 5.91 Å². The van der Waals surface area contributed by atoms with Crippen LogP contribution in [0, 0.1) is 19.8 Å². The Hall–Kier alpha value is -1.88. The van der Waals surface area contributed by atoms with Gasteiger partial charge in [0.1, 0.15) is 5.65 Å². The van der Waals surface area contributed by atoms with Crippen molar-refractivity contribution >= 4 is 11.6 Å². The number of piperidine rings is 1. The fraction of sp³-hybridized carbons (Fsp3) is 0.636. The second kappa shape index (κ2) is 8.01. The van der Waals surface area contributed by atoms with E-state index in [2.05, 4.69) is 46.4 Å². The summed E-state index contributed by atoms with van der Waals surface area (Å²) in [6.45, 7) is 8.95. The maximum atomic E-state index is 13.1. The fourth-order valence-electron chi connectivity index (χ4n) is 4.67. The zero-order valence-electron chi connectivity index (χ0n) is 16.8. The Morgan fingerprint density at radius 3 is 2.67 bits per heavy atom. The minimum atomic E-state index is 0.165. The Balaban J connectivity index is 1.46. The molecule has 2 aromatic rings. The third-order valence-corrected chi connectivity index (χ3v) is 6.23. The lowest BCUT2D eigenvalue weighted by atomic mass is 9.96. The third-order valence-electron chi connectivity index (χ3n) is 6.23. The second-order valence-corrected chi connectivity index (χ2v) is 8.39. The van der Waals surface area contributed by atoms with E-state index in [1.165, 1.54) is 36.9 Å². The Bertz CT molecular complexity index is 804. The lowest BCUT2D eigenvalue weighted by Gasteiger charge is -2.34. The van der Waals surface area contributed by atoms with Crippen LogP contribution in [0.3, 0.4) is 0 Å². The number of aromatic nitrogens is 2. The molecule has 2 fully saturated rings. The Morgan fingerprint density at radius 2 is 1.89 bits per heavy atom. The van der Waals surface area contributed by atoms with Gasteiger partial charge in [0.25, 0.3) is 0 Å². The topological polar surface area (TPSA) is 40.9 Å². The average Bonchev–Trinajstić information content (AvgIpc) is 2.85. The van der Waals surface area contributed by atoms with Crippen molar-refractivity contribution in [3.63, 3.8) is 0 Å². The second-order valence-electron chi connectivity index (χ2n) is 8.39. The molecule has 0 saturated carbocycles. The van der Waals surface area contributed by atoms with E-state index in [4.69, 9.17) is 4.98 Å². The van der Waals surface area contributed by atoms with Gasteiger partial charge in [-0.3, -0.25) is 9.69 Å². The molecule has 0 radical (unpaired) electrons. The zero-order chi connectivity index (χ0) is 18.8. The highest BCUT2D eigenvalue weighted by molar-refractivity contribution is 5.79. The molecule has 0 bridgehead atoms. The number of carbonyl (C=O) groups is 1. The monoisotopic (exact) mass is 368 g/mol. The Labute approximate surface area is 162 Å². The average molecular weight is 369 g/mol. The lowest BCUT2D eigenvalue weighted by molar-refractivity contribution is -0.137. The van der Waals surface area contributed by atoms with Gasteiger partial charge in [-0.05, 0) is 63.8 Å². The summed E-state index contributed by atoms with van der Waals surface area (Å²) in [5.41, 5.74) is 4.62. The molecule has 2 aromatic heterocycles. The van der Waals surface area contributed by atoms with Crippen LogP contribution in [-0.4, -0.2) is 51.3 Å². The predicted octanol–water partition coefficient (Wildman–Crippen LogP) is 3.57. The van der Waals surface area contributed by atoms with Crippen LogP contribution in [0.1, 0.15) is 55.5 Å². The van der Waals surface area contributed by atoms with Crippen molar-refractivity contribution < 1.29 is 4.79 Å². The lowest BCUT2D eigenvalue weighted by Crippen LogP contribution is -2.45. The molecular formula is C22H32N4O. The van der Waals surface area contributed by atoms with Crippen LogP contribution in [0.5, 0.6) is 0 Å². The number of hydrogen-bond donors (Lipinski definition) is 0. The van der Waals surface area contributed by atoms with E-state index in [9.17, 15) is 4.79 Å². The first-order valence-corrected chi connectivity index (χ1v) is 10.6. The standard InChI is InChI=1S/C22H32N4O/c1-17-9-13-26-20(18(2)23-21(26)14-17)16-24-10-7-8-19(15-24)22(27)25-11-5-3-4-6-12-25/h9,13-14,19H,3-8,10-12,15-16H2,1-2H3/t19-/m1/s1. The number of pyridine rings is 1. The first-order chi connectivity index (χ1) is 13.1. The highest BCUT2D eigenvalue weighted by Gasteiger charge is 2.30. The third kappa shape index (κ3) is 4.03. The summed E-state index contributed by atoms with van der Waals surface area (Å²) < 4.78 is 2.21. The first-order valence-electron chi connectivity index (χ1n) is 10.6. The molecule has 0 aromatic carbocycles. The van der Waals surface area contributed by atoms with E-state index in [1.54, 1.807) is 0 Å². The van der Waals surface area contributed by atoms with Crippen LogP contribution in [0.2, 0.25) is 0 Å². The Morgan fingerprint density at radius 1 is 1.11 bits per heavy atom. The summed E-state index contributed by atoms with van der Waals surface area (Å²) in [5, 5.41) is 0. The van der Waals surface area contributed by atoms with Crippen molar-refractivity contribution in [3.8, 4) is 0 Å². The molecule has 4 rings (SSSR count). The smallest absolute Gasteiger partial charge is 0.226 e. The first kappa shape index (κ1) is 18.5. The summed E-state index contributed by atoms with van der Waals surface area (Å²) in [7, 11) is 0. The van der Waals surface area contributed by atoms with E-state index >= 15 is 0 Å². The molecule has 4 heterocycles. The predicted molar refractivity (Wildman–Crippen MR) is 108 cm³/mol. The fourth-order valence-corrected chi connectivity index (χ4v) is 4.67. The van der Waals surface area contributed by atoms with Gasteiger partial charge in [0, 0.05) is 32.4 Å². The van der Waals surface area contributed by atoms with E-state index in [-0.39, 0.29) is 5.92 Å². The van der Waals surface area contributed by atoms with Crippen molar-refractivity contribution in [1.82, 2.24) is 19.2 Å². The van der Waals surface area contributed by atoms with Crippen molar-refractivity contribution in [2.24, 2.45) is 5.92 Å². The van der Waals surface area contributed by atoms with E-state index in [0.29, 0.717) is 5.91 Å². The summed E-state index contributed by atoms with van der Waals surface area (Å²) >= 11 is 0. The summed E-state index contributed by atoms with van der Waals surface area (Å²) in [6.07, 6.45) is 9.16. The maximum absolute atomic E-state index is 13.1. The molecular weight excluding hydrogens is 336 g/mol. The molecule has 0 unspecified atom stereocenters. The highest BCUT2D eigenvalue weighted by Crippen LogP contribution is 2.24. The molecule has 0 aliphatic carbocycles. The molecule has 0 spiro atoms. The summed E-state index contributed by atoms with van der Waals surface area (Å²) in [6, 6.07) is 4.28. The largest absolute Gasteiger partial charge is 0.342 e. The van der Waals surface area contributed by atoms with Gasteiger partial charge in [-0.2, -0.15) is 0 Å². The summed E-state index contributed by atoms with van der Waals surface area (Å²) in [5.74, 6) is 0.561. The quantitative estimate of drug-likeness (QED) is 0.832. The molecule has 2 aliphatic rings. The Kier molecular flexibility index (Phi) is 5.48. The normalized spacial score (nSPS) is 22.1. The van der Waals surface area contributed by atoms with Crippen LogP contribution < -0.4 is 0 Å². The maximum Gasteiger partial charge on any atom is 0.226 e. The number of amides is 1. The van der Waals surface area contributed by atoms with Crippen LogP contribution >= 0.6 is 0 Å². The zero-order valence-corrected chi connectivity index (χ0v) is 16.8. The SMILES string of the molecule is Cc1ccn2c(CN3CCC[C@@H](C(=O)N4CCCCCC4)C3)c(C)nc2c1. The molecule has 27 heavy (non-hydrogen) atoms. The number of imidazole rings is 1. The van der Waals surface area contributed by atoms with Crippen LogP contribution in [0.25, 0.3) is 5.65 Å². The highest BCUT2D eigenvalue weighted by atomic mass is 16.2. The van der Waals surface area contributed by atoms with Gasteiger partial charge in [-0.1, -0.05) is 12.8 Å².